The quantitative estimate of drug-likeness (QED) is 0.397. The van der Waals surface area contributed by atoms with Crippen LogP contribution in [0.2, 0.25) is 5.02 Å². The molecule has 8 nitrogen and oxygen atoms in total. The molecule has 2 aromatic rings. The van der Waals surface area contributed by atoms with Crippen LogP contribution in [0.4, 0.5) is 4.79 Å². The first kappa shape index (κ1) is 26.9. The van der Waals surface area contributed by atoms with Crippen LogP contribution in [0.25, 0.3) is 0 Å². The van der Waals surface area contributed by atoms with Crippen molar-refractivity contribution in [3.05, 3.63) is 81.2 Å². The standard InChI is InChI=1S/C27H31ClN4O4S/c1-4-12-32-21(17-30-13-14-31(18(3)16-30)25(33)22-11-8-15-37-22)23(26(34)36-5-2)24(29-27(32)35)19-9-6-7-10-20(19)28/h4,6-11,15,18,24H,1,5,12-14,16-17H2,2-3H3,(H,29,35). The van der Waals surface area contributed by atoms with Gasteiger partial charge in [0, 0.05) is 49.5 Å². The zero-order chi connectivity index (χ0) is 26.5. The molecule has 0 bridgehead atoms. The van der Waals surface area contributed by atoms with Gasteiger partial charge in [0.15, 0.2) is 0 Å². The van der Waals surface area contributed by atoms with E-state index in [0.717, 1.165) is 4.88 Å². The number of ether oxygens (including phenoxy) is 1. The normalized spacial score (nSPS) is 20.6. The number of urea groups is 1. The van der Waals surface area contributed by atoms with Gasteiger partial charge in [-0.2, -0.15) is 0 Å². The predicted octanol–water partition coefficient (Wildman–Crippen LogP) is 4.32. The highest BCUT2D eigenvalue weighted by molar-refractivity contribution is 7.12. The maximum absolute atomic E-state index is 13.3. The van der Waals surface area contributed by atoms with Crippen molar-refractivity contribution in [2.24, 2.45) is 0 Å². The molecule has 1 aromatic heterocycles. The van der Waals surface area contributed by atoms with Crippen LogP contribution >= 0.6 is 22.9 Å². The number of nitrogens with zero attached hydrogens (tertiary/aromatic N) is 3. The SMILES string of the molecule is C=CCN1C(=O)NC(c2ccccc2Cl)C(C(=O)OCC)=C1CN1CCN(C(=O)c2cccs2)C(C)C1. The average Bonchev–Trinajstić information content (AvgIpc) is 3.41. The van der Waals surface area contributed by atoms with E-state index >= 15 is 0 Å². The summed E-state index contributed by atoms with van der Waals surface area (Å²) in [4.78, 5) is 45.8. The summed E-state index contributed by atoms with van der Waals surface area (Å²) >= 11 is 7.93. The highest BCUT2D eigenvalue weighted by Crippen LogP contribution is 2.35. The third kappa shape index (κ3) is 5.74. The average molecular weight is 543 g/mol. The van der Waals surface area contributed by atoms with Gasteiger partial charge in [0.25, 0.3) is 5.91 Å². The van der Waals surface area contributed by atoms with E-state index < -0.39 is 12.0 Å². The Balaban J connectivity index is 1.68. The van der Waals surface area contributed by atoms with Gasteiger partial charge >= 0.3 is 12.0 Å². The van der Waals surface area contributed by atoms with Gasteiger partial charge in [-0.05, 0) is 36.9 Å². The number of hydrogen-bond acceptors (Lipinski definition) is 6. The van der Waals surface area contributed by atoms with E-state index in [1.165, 1.54) is 16.2 Å². The molecule has 1 saturated heterocycles. The molecule has 4 rings (SSSR count). The molecule has 37 heavy (non-hydrogen) atoms. The molecule has 0 aliphatic carbocycles. The molecule has 10 heteroatoms. The van der Waals surface area contributed by atoms with Crippen molar-refractivity contribution in [3.63, 3.8) is 0 Å². The summed E-state index contributed by atoms with van der Waals surface area (Å²) in [6.45, 7) is 10.1. The lowest BCUT2D eigenvalue weighted by Gasteiger charge is -2.42. The van der Waals surface area contributed by atoms with Crippen molar-refractivity contribution in [2.75, 3.05) is 39.3 Å². The van der Waals surface area contributed by atoms with Crippen LogP contribution in [0.5, 0.6) is 0 Å². The Morgan fingerprint density at radius 2 is 2.03 bits per heavy atom. The fourth-order valence-electron chi connectivity index (χ4n) is 4.82. The van der Waals surface area contributed by atoms with Gasteiger partial charge in [-0.15, -0.1) is 17.9 Å². The molecule has 2 aliphatic rings. The monoisotopic (exact) mass is 542 g/mol. The molecule has 196 valence electrons. The molecular formula is C27H31ClN4O4S. The Morgan fingerprint density at radius 1 is 1.24 bits per heavy atom. The molecule has 2 aliphatic heterocycles. The Morgan fingerprint density at radius 3 is 2.68 bits per heavy atom. The first-order valence-corrected chi connectivity index (χ1v) is 13.5. The van der Waals surface area contributed by atoms with Crippen molar-refractivity contribution < 1.29 is 19.1 Å². The number of rotatable bonds is 8. The van der Waals surface area contributed by atoms with Crippen LogP contribution in [0.15, 0.2) is 65.7 Å². The molecule has 0 saturated carbocycles. The number of nitrogens with one attached hydrogen (secondary N) is 1. The van der Waals surface area contributed by atoms with E-state index in [1.54, 1.807) is 31.2 Å². The van der Waals surface area contributed by atoms with Crippen molar-refractivity contribution in [3.8, 4) is 0 Å². The molecule has 1 N–H and O–H groups in total. The number of piperazine rings is 1. The second-order valence-corrected chi connectivity index (χ2v) is 10.3. The zero-order valence-electron chi connectivity index (χ0n) is 21.0. The maximum atomic E-state index is 13.3. The minimum atomic E-state index is -0.754. The molecule has 1 fully saturated rings. The summed E-state index contributed by atoms with van der Waals surface area (Å²) in [5, 5.41) is 5.28. The number of benzene rings is 1. The van der Waals surface area contributed by atoms with Crippen LogP contribution in [0.1, 0.15) is 35.1 Å². The summed E-state index contributed by atoms with van der Waals surface area (Å²) in [5.74, 6) is -0.478. The summed E-state index contributed by atoms with van der Waals surface area (Å²) in [7, 11) is 0. The minimum absolute atomic E-state index is 0.0256. The summed E-state index contributed by atoms with van der Waals surface area (Å²) < 4.78 is 5.45. The number of halogens is 1. The fraction of sp³-hybridized carbons (Fsp3) is 0.370. The topological polar surface area (TPSA) is 82.2 Å². The third-order valence-corrected chi connectivity index (χ3v) is 7.74. The van der Waals surface area contributed by atoms with Crippen molar-refractivity contribution >= 4 is 40.8 Å². The lowest BCUT2D eigenvalue weighted by atomic mass is 9.94. The summed E-state index contributed by atoms with van der Waals surface area (Å²) in [6.07, 6.45) is 1.62. The summed E-state index contributed by atoms with van der Waals surface area (Å²) in [6, 6.07) is 9.72. The number of amides is 3. The van der Waals surface area contributed by atoms with E-state index in [0.29, 0.717) is 48.0 Å². The van der Waals surface area contributed by atoms with Crippen LogP contribution in [0.3, 0.4) is 0 Å². The van der Waals surface area contributed by atoms with Crippen LogP contribution in [0, 0.1) is 0 Å². The van der Waals surface area contributed by atoms with Crippen LogP contribution in [-0.2, 0) is 9.53 Å². The molecule has 0 spiro atoms. The smallest absolute Gasteiger partial charge is 0.338 e. The van der Waals surface area contributed by atoms with Crippen LogP contribution < -0.4 is 5.32 Å². The van der Waals surface area contributed by atoms with Gasteiger partial charge in [-0.1, -0.05) is 41.9 Å². The lowest BCUT2D eigenvalue weighted by molar-refractivity contribution is -0.139. The fourth-order valence-corrected chi connectivity index (χ4v) is 5.74. The largest absolute Gasteiger partial charge is 0.463 e. The number of hydrogen-bond donors (Lipinski definition) is 1. The number of esters is 1. The molecule has 2 atom stereocenters. The van der Waals surface area contributed by atoms with E-state index in [9.17, 15) is 14.4 Å². The number of thiophene rings is 1. The Hall–Kier alpha value is -3.14. The minimum Gasteiger partial charge on any atom is -0.463 e. The van der Waals surface area contributed by atoms with E-state index in [4.69, 9.17) is 16.3 Å². The lowest BCUT2D eigenvalue weighted by Crippen LogP contribution is -2.56. The van der Waals surface area contributed by atoms with Crippen LogP contribution in [-0.4, -0.2) is 78.0 Å². The Bertz CT molecular complexity index is 1200. The Kier molecular flexibility index (Phi) is 8.68. The summed E-state index contributed by atoms with van der Waals surface area (Å²) in [5.41, 5.74) is 1.52. The maximum Gasteiger partial charge on any atom is 0.338 e. The highest BCUT2D eigenvalue weighted by atomic mass is 35.5. The zero-order valence-corrected chi connectivity index (χ0v) is 22.6. The molecular weight excluding hydrogens is 512 g/mol. The van der Waals surface area contributed by atoms with E-state index in [-0.39, 0.29) is 31.1 Å². The molecule has 1 aromatic carbocycles. The van der Waals surface area contributed by atoms with E-state index in [2.05, 4.69) is 16.8 Å². The van der Waals surface area contributed by atoms with Gasteiger partial charge in [-0.25, -0.2) is 9.59 Å². The van der Waals surface area contributed by atoms with Crippen molar-refractivity contribution in [2.45, 2.75) is 25.9 Å². The predicted molar refractivity (Wildman–Crippen MR) is 145 cm³/mol. The molecule has 2 unspecified atom stereocenters. The second-order valence-electron chi connectivity index (χ2n) is 8.94. The first-order chi connectivity index (χ1) is 17.8. The van der Waals surface area contributed by atoms with Crippen molar-refractivity contribution in [1.29, 1.82) is 0 Å². The van der Waals surface area contributed by atoms with Gasteiger partial charge in [-0.3, -0.25) is 14.6 Å². The highest BCUT2D eigenvalue weighted by Gasteiger charge is 2.40. The molecule has 0 radical (unpaired) electrons. The van der Waals surface area contributed by atoms with E-state index in [1.807, 2.05) is 35.4 Å². The third-order valence-electron chi connectivity index (χ3n) is 6.54. The van der Waals surface area contributed by atoms with Gasteiger partial charge in [0.05, 0.1) is 23.1 Å². The van der Waals surface area contributed by atoms with Gasteiger partial charge < -0.3 is 15.0 Å². The number of carbonyl (C=O) groups excluding carboxylic acids is 3. The Labute approximate surface area is 226 Å². The molecule has 3 heterocycles. The van der Waals surface area contributed by atoms with Crippen molar-refractivity contribution in [1.82, 2.24) is 20.0 Å². The second kappa shape index (κ2) is 11.9. The first-order valence-electron chi connectivity index (χ1n) is 12.3. The molecule has 3 amide bonds. The van der Waals surface area contributed by atoms with Gasteiger partial charge in [0.2, 0.25) is 0 Å². The van der Waals surface area contributed by atoms with Gasteiger partial charge in [0.1, 0.15) is 0 Å². The number of carbonyl (C=O) groups is 3.